The van der Waals surface area contributed by atoms with Crippen LogP contribution in [0.15, 0.2) is 22.7 Å². The van der Waals surface area contributed by atoms with Crippen molar-refractivity contribution in [2.75, 3.05) is 6.54 Å². The highest BCUT2D eigenvalue weighted by molar-refractivity contribution is 9.10. The molecule has 2 aliphatic rings. The fraction of sp³-hybridized carbons (Fsp3) is 0.647. The van der Waals surface area contributed by atoms with Crippen molar-refractivity contribution in [3.8, 4) is 0 Å². The number of nitrogens with one attached hydrogen (secondary N) is 1. The molecule has 1 unspecified atom stereocenters. The summed E-state index contributed by atoms with van der Waals surface area (Å²) >= 11 is 3.57. The van der Waals surface area contributed by atoms with E-state index >= 15 is 0 Å². The van der Waals surface area contributed by atoms with Gasteiger partial charge in [-0.15, -0.1) is 0 Å². The Kier molecular flexibility index (Phi) is 3.74. The molecule has 2 aliphatic carbocycles. The van der Waals surface area contributed by atoms with Gasteiger partial charge in [-0.1, -0.05) is 35.8 Å². The van der Waals surface area contributed by atoms with E-state index in [1.54, 1.807) is 5.56 Å². The topological polar surface area (TPSA) is 12.0 Å². The summed E-state index contributed by atoms with van der Waals surface area (Å²) in [6, 6.07) is 7.45. The first kappa shape index (κ1) is 13.6. The van der Waals surface area contributed by atoms with Gasteiger partial charge in [0.2, 0.25) is 0 Å². The number of rotatable bonds is 4. The molecule has 0 bridgehead atoms. The van der Waals surface area contributed by atoms with Crippen molar-refractivity contribution in [3.63, 3.8) is 0 Å². The molecule has 0 heterocycles. The van der Waals surface area contributed by atoms with Gasteiger partial charge in [0, 0.05) is 17.1 Å². The molecule has 104 valence electrons. The zero-order valence-corrected chi connectivity index (χ0v) is 13.6. The summed E-state index contributed by atoms with van der Waals surface area (Å²) in [6.45, 7) is 5.98. The maximum absolute atomic E-state index is 3.85. The van der Waals surface area contributed by atoms with E-state index in [0.29, 0.717) is 11.5 Å². The lowest BCUT2D eigenvalue weighted by Crippen LogP contribution is -2.39. The number of fused-ring (bicyclic) bond motifs is 1. The summed E-state index contributed by atoms with van der Waals surface area (Å²) in [7, 11) is 0. The first-order chi connectivity index (χ1) is 9.09. The Morgan fingerprint density at radius 2 is 2.11 bits per heavy atom. The molecule has 1 nitrogen and oxygen atoms in total. The van der Waals surface area contributed by atoms with Gasteiger partial charge in [-0.05, 0) is 66.7 Å². The van der Waals surface area contributed by atoms with Gasteiger partial charge in [0.1, 0.15) is 0 Å². The molecule has 2 heteroatoms. The predicted octanol–water partition coefficient (Wildman–Crippen LogP) is 4.33. The van der Waals surface area contributed by atoms with Gasteiger partial charge in [0.15, 0.2) is 0 Å². The fourth-order valence-corrected chi connectivity index (χ4v) is 3.77. The minimum Gasteiger partial charge on any atom is -0.313 e. The molecule has 3 rings (SSSR count). The SMILES string of the molecule is CC(C)C1(CNC2CCc3cc(Br)ccc3C2)CC1. The summed E-state index contributed by atoms with van der Waals surface area (Å²) < 4.78 is 1.22. The predicted molar refractivity (Wildman–Crippen MR) is 84.5 cm³/mol. The third-order valence-corrected chi connectivity index (χ3v) is 5.75. The van der Waals surface area contributed by atoms with Crippen molar-refractivity contribution in [1.82, 2.24) is 5.32 Å². The average molecular weight is 322 g/mol. The molecule has 0 spiro atoms. The minimum absolute atomic E-state index is 0.625. The van der Waals surface area contributed by atoms with Crippen molar-refractivity contribution in [3.05, 3.63) is 33.8 Å². The molecular weight excluding hydrogens is 298 g/mol. The van der Waals surface area contributed by atoms with E-state index in [1.165, 1.54) is 48.7 Å². The fourth-order valence-electron chi connectivity index (χ4n) is 3.36. The quantitative estimate of drug-likeness (QED) is 0.870. The minimum atomic E-state index is 0.625. The second kappa shape index (κ2) is 5.21. The summed E-state index contributed by atoms with van der Waals surface area (Å²) in [5, 5.41) is 3.85. The van der Waals surface area contributed by atoms with Gasteiger partial charge in [-0.3, -0.25) is 0 Å². The van der Waals surface area contributed by atoms with Crippen LogP contribution < -0.4 is 5.32 Å². The van der Waals surface area contributed by atoms with E-state index < -0.39 is 0 Å². The van der Waals surface area contributed by atoms with E-state index in [0.717, 1.165) is 5.92 Å². The van der Waals surface area contributed by atoms with Crippen LogP contribution in [-0.2, 0) is 12.8 Å². The van der Waals surface area contributed by atoms with Gasteiger partial charge in [-0.2, -0.15) is 0 Å². The number of hydrogen-bond acceptors (Lipinski definition) is 1. The van der Waals surface area contributed by atoms with Gasteiger partial charge >= 0.3 is 0 Å². The Balaban J connectivity index is 1.59. The molecule has 0 amide bonds. The van der Waals surface area contributed by atoms with Gasteiger partial charge in [0.05, 0.1) is 0 Å². The van der Waals surface area contributed by atoms with Crippen LogP contribution in [0.4, 0.5) is 0 Å². The van der Waals surface area contributed by atoms with Crippen LogP contribution in [0.25, 0.3) is 0 Å². The first-order valence-corrected chi connectivity index (χ1v) is 8.39. The highest BCUT2D eigenvalue weighted by atomic mass is 79.9. The Labute approximate surface area is 125 Å². The summed E-state index contributed by atoms with van der Waals surface area (Å²) in [5.41, 5.74) is 3.71. The van der Waals surface area contributed by atoms with Crippen LogP contribution in [0.2, 0.25) is 0 Å². The zero-order valence-electron chi connectivity index (χ0n) is 12.0. The van der Waals surface area contributed by atoms with Crippen molar-refractivity contribution < 1.29 is 0 Å². The third kappa shape index (κ3) is 2.90. The number of aryl methyl sites for hydroxylation is 1. The molecule has 0 radical (unpaired) electrons. The van der Waals surface area contributed by atoms with E-state index in [9.17, 15) is 0 Å². The third-order valence-electron chi connectivity index (χ3n) is 5.26. The number of hydrogen-bond donors (Lipinski definition) is 1. The van der Waals surface area contributed by atoms with Crippen LogP contribution >= 0.6 is 15.9 Å². The van der Waals surface area contributed by atoms with Crippen LogP contribution in [0.5, 0.6) is 0 Å². The molecule has 0 aromatic heterocycles. The maximum atomic E-state index is 3.85. The summed E-state index contributed by atoms with van der Waals surface area (Å²) in [4.78, 5) is 0. The Morgan fingerprint density at radius 1 is 1.32 bits per heavy atom. The average Bonchev–Trinajstić information content (AvgIpc) is 3.17. The van der Waals surface area contributed by atoms with Gasteiger partial charge < -0.3 is 5.32 Å². The smallest absolute Gasteiger partial charge is 0.0178 e. The lowest BCUT2D eigenvalue weighted by Gasteiger charge is -2.29. The standard InChI is InChI=1S/C17H24BrN/c1-12(2)17(7-8-17)11-19-16-6-4-13-9-15(18)5-3-14(13)10-16/h3,5,9,12,16,19H,4,6-8,10-11H2,1-2H3. The molecule has 1 atom stereocenters. The lowest BCUT2D eigenvalue weighted by atomic mass is 9.87. The highest BCUT2D eigenvalue weighted by Crippen LogP contribution is 2.51. The van der Waals surface area contributed by atoms with Gasteiger partial charge in [-0.25, -0.2) is 0 Å². The zero-order chi connectivity index (χ0) is 13.5. The summed E-state index contributed by atoms with van der Waals surface area (Å²) in [5.74, 6) is 0.826. The van der Waals surface area contributed by atoms with E-state index in [4.69, 9.17) is 0 Å². The molecule has 1 aromatic carbocycles. The maximum Gasteiger partial charge on any atom is 0.0178 e. The molecule has 19 heavy (non-hydrogen) atoms. The normalized spacial score (nSPS) is 24.3. The molecule has 0 aliphatic heterocycles. The summed E-state index contributed by atoms with van der Waals surface area (Å²) in [6.07, 6.45) is 6.57. The molecule has 1 aromatic rings. The number of benzene rings is 1. The molecular formula is C17H24BrN. The van der Waals surface area contributed by atoms with Crippen molar-refractivity contribution in [1.29, 1.82) is 0 Å². The second-order valence-corrected chi connectivity index (χ2v) is 7.67. The van der Waals surface area contributed by atoms with Crippen molar-refractivity contribution in [2.45, 2.75) is 52.0 Å². The molecule has 1 N–H and O–H groups in total. The lowest BCUT2D eigenvalue weighted by molar-refractivity contribution is 0.310. The molecule has 1 fully saturated rings. The van der Waals surface area contributed by atoms with E-state index in [2.05, 4.69) is 53.3 Å². The monoisotopic (exact) mass is 321 g/mol. The van der Waals surface area contributed by atoms with Crippen LogP contribution in [0.3, 0.4) is 0 Å². The van der Waals surface area contributed by atoms with Crippen LogP contribution in [-0.4, -0.2) is 12.6 Å². The number of halogens is 1. The Morgan fingerprint density at radius 3 is 2.79 bits per heavy atom. The van der Waals surface area contributed by atoms with E-state index in [1.807, 2.05) is 0 Å². The highest BCUT2D eigenvalue weighted by Gasteiger charge is 2.45. The second-order valence-electron chi connectivity index (χ2n) is 6.75. The van der Waals surface area contributed by atoms with Gasteiger partial charge in [0.25, 0.3) is 0 Å². The van der Waals surface area contributed by atoms with Crippen molar-refractivity contribution in [2.24, 2.45) is 11.3 Å². The van der Waals surface area contributed by atoms with Crippen molar-refractivity contribution >= 4 is 15.9 Å². The van der Waals surface area contributed by atoms with Crippen LogP contribution in [0.1, 0.15) is 44.2 Å². The largest absolute Gasteiger partial charge is 0.313 e. The van der Waals surface area contributed by atoms with Crippen LogP contribution in [0, 0.1) is 11.3 Å². The Hall–Kier alpha value is -0.340. The molecule has 1 saturated carbocycles. The first-order valence-electron chi connectivity index (χ1n) is 7.60. The Bertz CT molecular complexity index is 462. The van der Waals surface area contributed by atoms with E-state index in [-0.39, 0.29) is 0 Å². The molecule has 0 saturated heterocycles.